The third kappa shape index (κ3) is 3.73. The van der Waals surface area contributed by atoms with Gasteiger partial charge < -0.3 is 9.90 Å². The van der Waals surface area contributed by atoms with Crippen molar-refractivity contribution in [1.29, 1.82) is 0 Å². The third-order valence-corrected chi connectivity index (χ3v) is 0.231. The lowest BCUT2D eigenvalue weighted by atomic mass is 10.7. The minimum atomic E-state index is -5.19. The second-order valence-electron chi connectivity index (χ2n) is 0.785. The molecule has 0 amide bonds. The summed E-state index contributed by atoms with van der Waals surface area (Å²) in [5.41, 5.74) is 0. The van der Waals surface area contributed by atoms with Crippen LogP contribution in [-0.4, -0.2) is 12.1 Å². The van der Waals surface area contributed by atoms with Gasteiger partial charge in [0.05, 0.1) is 0 Å². The lowest BCUT2D eigenvalue weighted by Crippen LogP contribution is -2.37. The smallest absolute Gasteiger partial charge is 0.430 e. The molecule has 0 aliphatic rings. The van der Waals surface area contributed by atoms with Crippen LogP contribution in [0.25, 0.3) is 0 Å². The summed E-state index contributed by atoms with van der Waals surface area (Å²) in [5.74, 6) is -3.01. The summed E-state index contributed by atoms with van der Waals surface area (Å²) < 4.78 is 31.5. The summed E-state index contributed by atoms with van der Waals surface area (Å²) in [6.07, 6.45) is -5.19. The number of carboxylic acid groups (broad SMARTS) is 1. The van der Waals surface area contributed by atoms with Gasteiger partial charge in [-0.1, -0.05) is 0 Å². The Hall–Kier alpha value is -0.450. The molecular weight excluding hydrogens is 148 g/mol. The highest BCUT2D eigenvalue weighted by molar-refractivity contribution is 5.85. The first-order chi connectivity index (χ1) is 2.94. The van der Waals surface area contributed by atoms with E-state index < -0.39 is 12.1 Å². The van der Waals surface area contributed by atoms with E-state index in [1.807, 2.05) is 0 Å². The number of carbonyl (C=O) groups is 1. The normalized spacial score (nSPS) is 9.88. The number of hydrogen-bond acceptors (Lipinski definition) is 2. The first-order valence-electron chi connectivity index (χ1n) is 1.23. The summed E-state index contributed by atoms with van der Waals surface area (Å²) in [6.45, 7) is 0. The molecule has 0 aromatic rings. The van der Waals surface area contributed by atoms with Gasteiger partial charge in [0.25, 0.3) is 0 Å². The fourth-order valence-corrected chi connectivity index (χ4v) is 0. The molecule has 0 unspecified atom stereocenters. The average molecular weight is 149 g/mol. The molecule has 0 fully saturated rings. The van der Waals surface area contributed by atoms with Crippen LogP contribution in [0.1, 0.15) is 0 Å². The van der Waals surface area contributed by atoms with Crippen molar-refractivity contribution in [2.24, 2.45) is 0 Å². The van der Waals surface area contributed by atoms with Crippen LogP contribution in [0, 0.1) is 0 Å². The van der Waals surface area contributed by atoms with Crippen LogP contribution >= 0.6 is 12.4 Å². The Morgan fingerprint density at radius 3 is 1.50 bits per heavy atom. The van der Waals surface area contributed by atoms with Crippen LogP contribution in [0.5, 0.6) is 0 Å². The van der Waals surface area contributed by atoms with Crippen molar-refractivity contribution in [2.45, 2.75) is 6.18 Å². The zero-order valence-electron chi connectivity index (χ0n) is 3.36. The Balaban J connectivity index is 0. The van der Waals surface area contributed by atoms with E-state index in [9.17, 15) is 13.2 Å². The van der Waals surface area contributed by atoms with Gasteiger partial charge >= 0.3 is 6.18 Å². The second-order valence-corrected chi connectivity index (χ2v) is 0.785. The summed E-state index contributed by atoms with van der Waals surface area (Å²) >= 11 is 0. The van der Waals surface area contributed by atoms with E-state index in [2.05, 4.69) is 0 Å². The van der Waals surface area contributed by atoms with Crippen LogP contribution in [0.3, 0.4) is 0 Å². The predicted octanol–water partition coefficient (Wildman–Crippen LogP) is -0.280. The van der Waals surface area contributed by atoms with Crippen LogP contribution in [-0.2, 0) is 4.79 Å². The third-order valence-electron chi connectivity index (χ3n) is 0.231. The van der Waals surface area contributed by atoms with Crippen molar-refractivity contribution in [3.05, 3.63) is 0 Å². The van der Waals surface area contributed by atoms with Gasteiger partial charge in [0.2, 0.25) is 0 Å². The molecule has 0 saturated carbocycles. The quantitative estimate of drug-likeness (QED) is 0.475. The maximum Gasteiger partial charge on any atom is 0.430 e. The number of carboxylic acids is 1. The largest absolute Gasteiger partial charge is 0.542 e. The Labute approximate surface area is 48.7 Å². The maximum atomic E-state index is 10.5. The molecule has 8 heavy (non-hydrogen) atoms. The van der Waals surface area contributed by atoms with Crippen LogP contribution in [0.4, 0.5) is 13.2 Å². The Morgan fingerprint density at radius 2 is 1.50 bits per heavy atom. The molecule has 0 aromatic heterocycles. The van der Waals surface area contributed by atoms with E-state index in [1.54, 1.807) is 0 Å². The van der Waals surface area contributed by atoms with Gasteiger partial charge in [-0.15, -0.1) is 12.4 Å². The molecule has 0 bridgehead atoms. The number of aliphatic carboxylic acids is 1. The number of carbonyl (C=O) groups excluding carboxylic acids is 1. The molecular formula is C2HClF3O2-. The summed E-state index contributed by atoms with van der Waals surface area (Å²) in [7, 11) is 0. The van der Waals surface area contributed by atoms with Crippen molar-refractivity contribution >= 4 is 18.4 Å². The molecule has 0 aliphatic carbocycles. The first-order valence-corrected chi connectivity index (χ1v) is 1.23. The zero-order chi connectivity index (χ0) is 6.08. The number of halogens is 4. The molecule has 0 aliphatic heterocycles. The standard InChI is InChI=1S/C2HF3O2.ClH/c3-2(4,5)1(6)7;/h(H,6,7);1H/p-1. The van der Waals surface area contributed by atoms with E-state index in [1.165, 1.54) is 0 Å². The lowest BCUT2D eigenvalue weighted by Gasteiger charge is -2.03. The summed E-state index contributed by atoms with van der Waals surface area (Å²) in [6, 6.07) is 0. The summed E-state index contributed by atoms with van der Waals surface area (Å²) in [5, 5.41) is 8.78. The van der Waals surface area contributed by atoms with Crippen molar-refractivity contribution in [1.82, 2.24) is 0 Å². The zero-order valence-corrected chi connectivity index (χ0v) is 4.18. The van der Waals surface area contributed by atoms with Gasteiger partial charge in [-0.05, 0) is 0 Å². The van der Waals surface area contributed by atoms with Crippen molar-refractivity contribution < 1.29 is 23.1 Å². The average Bonchev–Trinajstić information content (AvgIpc) is 1.31. The van der Waals surface area contributed by atoms with E-state index in [0.29, 0.717) is 0 Å². The first kappa shape index (κ1) is 10.5. The number of hydrogen-bond donors (Lipinski definition) is 0. The Bertz CT molecular complexity index is 87.8. The second kappa shape index (κ2) is 2.76. The van der Waals surface area contributed by atoms with E-state index in [-0.39, 0.29) is 12.4 Å². The molecule has 0 atom stereocenters. The Morgan fingerprint density at radius 1 is 1.38 bits per heavy atom. The number of alkyl halides is 3. The highest BCUT2D eigenvalue weighted by Gasteiger charge is 2.28. The molecule has 6 heteroatoms. The molecule has 0 spiro atoms. The van der Waals surface area contributed by atoms with E-state index in [0.717, 1.165) is 0 Å². The van der Waals surface area contributed by atoms with Crippen LogP contribution < -0.4 is 5.11 Å². The molecule has 0 heterocycles. The topological polar surface area (TPSA) is 40.1 Å². The minimum Gasteiger partial charge on any atom is -0.542 e. The van der Waals surface area contributed by atoms with Gasteiger partial charge in [0.1, 0.15) is 5.97 Å². The van der Waals surface area contributed by atoms with Gasteiger partial charge in [0, 0.05) is 0 Å². The molecule has 2 nitrogen and oxygen atoms in total. The molecule has 0 aromatic carbocycles. The molecule has 0 radical (unpaired) electrons. The summed E-state index contributed by atoms with van der Waals surface area (Å²) in [4.78, 5) is 8.78. The number of rotatable bonds is 0. The van der Waals surface area contributed by atoms with Gasteiger partial charge in [0.15, 0.2) is 0 Å². The van der Waals surface area contributed by atoms with E-state index >= 15 is 0 Å². The fourth-order valence-electron chi connectivity index (χ4n) is 0. The highest BCUT2D eigenvalue weighted by atomic mass is 35.5. The minimum absolute atomic E-state index is 0. The SMILES string of the molecule is Cl.O=C([O-])C(F)(F)F. The Kier molecular flexibility index (Phi) is 3.63. The van der Waals surface area contributed by atoms with Gasteiger partial charge in [-0.3, -0.25) is 0 Å². The highest BCUT2D eigenvalue weighted by Crippen LogP contribution is 2.11. The van der Waals surface area contributed by atoms with Crippen molar-refractivity contribution in [3.8, 4) is 0 Å². The molecule has 0 N–H and O–H groups in total. The van der Waals surface area contributed by atoms with Gasteiger partial charge in [-0.25, -0.2) is 0 Å². The molecule has 0 rings (SSSR count). The van der Waals surface area contributed by atoms with Crippen LogP contribution in [0.2, 0.25) is 0 Å². The molecule has 50 valence electrons. The van der Waals surface area contributed by atoms with Crippen molar-refractivity contribution in [3.63, 3.8) is 0 Å². The maximum absolute atomic E-state index is 10.5. The van der Waals surface area contributed by atoms with Crippen molar-refractivity contribution in [2.75, 3.05) is 0 Å². The lowest BCUT2D eigenvalue weighted by molar-refractivity contribution is -0.344. The monoisotopic (exact) mass is 149 g/mol. The molecule has 0 saturated heterocycles. The fraction of sp³-hybridized carbons (Fsp3) is 0.500. The van der Waals surface area contributed by atoms with Gasteiger partial charge in [-0.2, -0.15) is 13.2 Å². The van der Waals surface area contributed by atoms with E-state index in [4.69, 9.17) is 9.90 Å². The predicted molar refractivity (Wildman–Crippen MR) is 18.3 cm³/mol. The van der Waals surface area contributed by atoms with Crippen LogP contribution in [0.15, 0.2) is 0 Å².